The molecule has 2 atom stereocenters. The summed E-state index contributed by atoms with van der Waals surface area (Å²) in [6, 6.07) is 0. The zero-order chi connectivity index (χ0) is 15.9. The SMILES string of the molecule is CC1=C/C/C=C(\C)CCC[C@@](C)(O)CC[C@@H](C(C)C)\C=C\1. The Morgan fingerprint density at radius 2 is 1.90 bits per heavy atom. The molecule has 0 amide bonds. The molecule has 0 radical (unpaired) electrons. The van der Waals surface area contributed by atoms with E-state index in [0.29, 0.717) is 11.8 Å². The minimum absolute atomic E-state index is 0.518. The Morgan fingerprint density at radius 3 is 2.57 bits per heavy atom. The Kier molecular flexibility index (Phi) is 7.45. The number of rotatable bonds is 1. The summed E-state index contributed by atoms with van der Waals surface area (Å²) in [5.74, 6) is 1.18. The van der Waals surface area contributed by atoms with Gasteiger partial charge < -0.3 is 5.11 Å². The van der Waals surface area contributed by atoms with Gasteiger partial charge in [0.2, 0.25) is 0 Å². The molecule has 21 heavy (non-hydrogen) atoms. The van der Waals surface area contributed by atoms with E-state index >= 15 is 0 Å². The van der Waals surface area contributed by atoms with Crippen LogP contribution in [0.25, 0.3) is 0 Å². The lowest BCUT2D eigenvalue weighted by Crippen LogP contribution is -2.25. The lowest BCUT2D eigenvalue weighted by atomic mass is 9.84. The zero-order valence-corrected chi connectivity index (χ0v) is 14.7. The van der Waals surface area contributed by atoms with Gasteiger partial charge in [0, 0.05) is 0 Å². The summed E-state index contributed by atoms with van der Waals surface area (Å²) in [4.78, 5) is 0. The largest absolute Gasteiger partial charge is 0.390 e. The number of allylic oxidation sites excluding steroid dienone is 6. The fourth-order valence-corrected chi connectivity index (χ4v) is 2.89. The van der Waals surface area contributed by atoms with Crippen molar-refractivity contribution >= 4 is 0 Å². The first-order chi connectivity index (χ1) is 9.80. The smallest absolute Gasteiger partial charge is 0.0620 e. The van der Waals surface area contributed by atoms with E-state index in [9.17, 15) is 5.11 Å². The Morgan fingerprint density at radius 1 is 1.19 bits per heavy atom. The van der Waals surface area contributed by atoms with Crippen molar-refractivity contribution in [1.29, 1.82) is 0 Å². The lowest BCUT2D eigenvalue weighted by Gasteiger charge is -2.27. The molecule has 0 saturated carbocycles. The van der Waals surface area contributed by atoms with E-state index in [1.807, 2.05) is 6.92 Å². The molecule has 0 unspecified atom stereocenters. The standard InChI is InChI=1S/C20H34O/c1-16(2)19-12-11-18(4)9-6-8-17(3)10-7-14-20(5,21)15-13-19/h8-9,11-12,16,19,21H,6-7,10,13-15H2,1-5H3/b12-11+,17-8+,18-9-/t19-,20+/m0/s1. The van der Waals surface area contributed by atoms with E-state index in [1.54, 1.807) is 0 Å². The molecule has 0 aliphatic heterocycles. The molecule has 0 aromatic heterocycles. The molecular weight excluding hydrogens is 256 g/mol. The summed E-state index contributed by atoms with van der Waals surface area (Å²) < 4.78 is 0. The van der Waals surface area contributed by atoms with Crippen molar-refractivity contribution in [3.8, 4) is 0 Å². The van der Waals surface area contributed by atoms with Crippen LogP contribution in [-0.4, -0.2) is 10.7 Å². The lowest BCUT2D eigenvalue weighted by molar-refractivity contribution is 0.0337. The van der Waals surface area contributed by atoms with Crippen LogP contribution in [0, 0.1) is 11.8 Å². The summed E-state index contributed by atoms with van der Waals surface area (Å²) in [6.07, 6.45) is 15.3. The van der Waals surface area contributed by atoms with Crippen molar-refractivity contribution in [2.45, 2.75) is 78.7 Å². The first-order valence-corrected chi connectivity index (χ1v) is 8.53. The van der Waals surface area contributed by atoms with Crippen LogP contribution in [0.15, 0.2) is 35.5 Å². The molecule has 0 aromatic rings. The van der Waals surface area contributed by atoms with Gasteiger partial charge >= 0.3 is 0 Å². The van der Waals surface area contributed by atoms with Crippen LogP contribution in [0.1, 0.15) is 73.1 Å². The van der Waals surface area contributed by atoms with Crippen LogP contribution in [0.5, 0.6) is 0 Å². The summed E-state index contributed by atoms with van der Waals surface area (Å²) in [7, 11) is 0. The number of hydrogen-bond donors (Lipinski definition) is 1. The molecule has 1 aliphatic carbocycles. The van der Waals surface area contributed by atoms with Gasteiger partial charge in [-0.3, -0.25) is 0 Å². The fourth-order valence-electron chi connectivity index (χ4n) is 2.89. The van der Waals surface area contributed by atoms with E-state index in [1.165, 1.54) is 11.1 Å². The van der Waals surface area contributed by atoms with Gasteiger partial charge in [0.1, 0.15) is 0 Å². The maximum absolute atomic E-state index is 10.6. The summed E-state index contributed by atoms with van der Waals surface area (Å²) in [6.45, 7) is 10.9. The molecule has 0 aromatic carbocycles. The third kappa shape index (κ3) is 7.66. The second-order valence-electron chi connectivity index (χ2n) is 7.39. The summed E-state index contributed by atoms with van der Waals surface area (Å²) >= 11 is 0. The third-order valence-corrected chi connectivity index (χ3v) is 4.67. The maximum atomic E-state index is 10.6. The van der Waals surface area contributed by atoms with Crippen LogP contribution in [-0.2, 0) is 0 Å². The molecule has 0 bridgehead atoms. The summed E-state index contributed by atoms with van der Waals surface area (Å²) in [5.41, 5.74) is 2.26. The van der Waals surface area contributed by atoms with Crippen molar-refractivity contribution in [1.82, 2.24) is 0 Å². The number of hydrogen-bond acceptors (Lipinski definition) is 1. The number of aliphatic hydroxyl groups is 1. The molecule has 120 valence electrons. The maximum Gasteiger partial charge on any atom is 0.0620 e. The van der Waals surface area contributed by atoms with Crippen LogP contribution < -0.4 is 0 Å². The Balaban J connectivity index is 2.87. The van der Waals surface area contributed by atoms with Crippen LogP contribution in [0.2, 0.25) is 0 Å². The van der Waals surface area contributed by atoms with Crippen LogP contribution in [0.3, 0.4) is 0 Å². The zero-order valence-electron chi connectivity index (χ0n) is 14.7. The van der Waals surface area contributed by atoms with Crippen LogP contribution in [0.4, 0.5) is 0 Å². The van der Waals surface area contributed by atoms with Crippen molar-refractivity contribution in [2.24, 2.45) is 11.8 Å². The van der Waals surface area contributed by atoms with E-state index in [2.05, 4.69) is 52.0 Å². The van der Waals surface area contributed by atoms with Gasteiger partial charge in [-0.2, -0.15) is 0 Å². The fraction of sp³-hybridized carbons (Fsp3) is 0.700. The van der Waals surface area contributed by atoms with Crippen LogP contribution >= 0.6 is 0 Å². The molecule has 0 saturated heterocycles. The van der Waals surface area contributed by atoms with E-state index < -0.39 is 5.60 Å². The van der Waals surface area contributed by atoms with E-state index in [4.69, 9.17) is 0 Å². The average Bonchev–Trinajstić information content (AvgIpc) is 2.37. The van der Waals surface area contributed by atoms with Crippen molar-refractivity contribution in [2.75, 3.05) is 0 Å². The van der Waals surface area contributed by atoms with Gasteiger partial charge in [-0.1, -0.05) is 49.3 Å². The Bertz CT molecular complexity index is 396. The van der Waals surface area contributed by atoms with Crippen molar-refractivity contribution in [3.63, 3.8) is 0 Å². The van der Waals surface area contributed by atoms with Crippen molar-refractivity contribution < 1.29 is 5.11 Å². The second-order valence-corrected chi connectivity index (χ2v) is 7.39. The highest BCUT2D eigenvalue weighted by atomic mass is 16.3. The first kappa shape index (κ1) is 18.2. The topological polar surface area (TPSA) is 20.2 Å². The van der Waals surface area contributed by atoms with Gasteiger partial charge in [0.15, 0.2) is 0 Å². The first-order valence-electron chi connectivity index (χ1n) is 8.53. The third-order valence-electron chi connectivity index (χ3n) is 4.67. The van der Waals surface area contributed by atoms with Gasteiger partial charge in [-0.25, -0.2) is 0 Å². The predicted molar refractivity (Wildman–Crippen MR) is 93.3 cm³/mol. The molecule has 1 aliphatic rings. The highest BCUT2D eigenvalue weighted by Crippen LogP contribution is 2.27. The van der Waals surface area contributed by atoms with E-state index in [-0.39, 0.29) is 0 Å². The molecule has 1 heteroatoms. The monoisotopic (exact) mass is 290 g/mol. The van der Waals surface area contributed by atoms with Crippen molar-refractivity contribution in [3.05, 3.63) is 35.5 Å². The second kappa shape index (κ2) is 8.58. The summed E-state index contributed by atoms with van der Waals surface area (Å²) in [5, 5.41) is 10.6. The normalized spacial score (nSPS) is 36.2. The molecule has 0 fully saturated rings. The van der Waals surface area contributed by atoms with Gasteiger partial charge in [-0.05, 0) is 71.1 Å². The molecular formula is C20H34O. The Hall–Kier alpha value is -0.820. The Labute approximate surface area is 131 Å². The van der Waals surface area contributed by atoms with Gasteiger partial charge in [0.25, 0.3) is 0 Å². The molecule has 0 heterocycles. The molecule has 1 rings (SSSR count). The van der Waals surface area contributed by atoms with Gasteiger partial charge in [0.05, 0.1) is 5.60 Å². The quantitative estimate of drug-likeness (QED) is 0.604. The minimum atomic E-state index is -0.518. The van der Waals surface area contributed by atoms with E-state index in [0.717, 1.165) is 38.5 Å². The molecule has 0 spiro atoms. The molecule has 1 nitrogen and oxygen atoms in total. The highest BCUT2D eigenvalue weighted by molar-refractivity contribution is 5.18. The van der Waals surface area contributed by atoms with Gasteiger partial charge in [-0.15, -0.1) is 0 Å². The highest BCUT2D eigenvalue weighted by Gasteiger charge is 2.22. The predicted octanol–water partition coefficient (Wildman–Crippen LogP) is 5.81. The minimum Gasteiger partial charge on any atom is -0.390 e. The average molecular weight is 290 g/mol. The molecule has 1 N–H and O–H groups in total.